The standard InChI is InChI=1S/C12H15ClF3N3/c1-2-3-10-17-9(13)6-11(18-10)19(8-4-5-8)7-12(14,15)16/h6,8H,2-5,7H2,1H3. The van der Waals surface area contributed by atoms with Gasteiger partial charge in [0.2, 0.25) is 0 Å². The van der Waals surface area contributed by atoms with Crippen molar-refractivity contribution in [3.05, 3.63) is 17.0 Å². The maximum absolute atomic E-state index is 12.6. The minimum atomic E-state index is -4.25. The molecule has 0 unspecified atom stereocenters. The van der Waals surface area contributed by atoms with Crippen LogP contribution in [0, 0.1) is 0 Å². The number of aryl methyl sites for hydroxylation is 1. The molecule has 0 bridgehead atoms. The Morgan fingerprint density at radius 1 is 1.37 bits per heavy atom. The van der Waals surface area contributed by atoms with Crippen molar-refractivity contribution in [3.8, 4) is 0 Å². The lowest BCUT2D eigenvalue weighted by atomic mass is 10.3. The molecule has 1 aromatic heterocycles. The van der Waals surface area contributed by atoms with Gasteiger partial charge in [-0.1, -0.05) is 18.5 Å². The quantitative estimate of drug-likeness (QED) is 0.777. The van der Waals surface area contributed by atoms with E-state index in [1.165, 1.54) is 11.0 Å². The molecule has 2 rings (SSSR count). The molecule has 3 nitrogen and oxygen atoms in total. The second kappa shape index (κ2) is 5.53. The molecule has 7 heteroatoms. The molecule has 0 amide bonds. The highest BCUT2D eigenvalue weighted by Gasteiger charge is 2.39. The molecular formula is C12H15ClF3N3. The summed E-state index contributed by atoms with van der Waals surface area (Å²) in [7, 11) is 0. The van der Waals surface area contributed by atoms with E-state index in [1.807, 2.05) is 6.92 Å². The van der Waals surface area contributed by atoms with Crippen molar-refractivity contribution >= 4 is 17.4 Å². The molecule has 0 spiro atoms. The second-order valence-corrected chi connectivity index (χ2v) is 5.08. The predicted octanol–water partition coefficient (Wildman–Crippen LogP) is 3.61. The maximum atomic E-state index is 12.6. The number of hydrogen-bond acceptors (Lipinski definition) is 3. The zero-order chi connectivity index (χ0) is 14.0. The monoisotopic (exact) mass is 293 g/mol. The fraction of sp³-hybridized carbons (Fsp3) is 0.667. The molecule has 0 aromatic carbocycles. The van der Waals surface area contributed by atoms with Crippen LogP contribution in [0.5, 0.6) is 0 Å². The first-order valence-electron chi connectivity index (χ1n) is 6.26. The van der Waals surface area contributed by atoms with Crippen molar-refractivity contribution in [2.75, 3.05) is 11.4 Å². The van der Waals surface area contributed by atoms with Crippen molar-refractivity contribution in [1.82, 2.24) is 9.97 Å². The molecule has 0 saturated heterocycles. The minimum Gasteiger partial charge on any atom is -0.344 e. The van der Waals surface area contributed by atoms with Gasteiger partial charge in [-0.05, 0) is 19.3 Å². The van der Waals surface area contributed by atoms with E-state index in [1.54, 1.807) is 0 Å². The van der Waals surface area contributed by atoms with Gasteiger partial charge in [-0.25, -0.2) is 9.97 Å². The number of anilines is 1. The fourth-order valence-electron chi connectivity index (χ4n) is 1.91. The van der Waals surface area contributed by atoms with E-state index in [0.717, 1.165) is 19.3 Å². The van der Waals surface area contributed by atoms with Gasteiger partial charge in [-0.2, -0.15) is 13.2 Å². The highest BCUT2D eigenvalue weighted by Crippen LogP contribution is 2.34. The molecule has 19 heavy (non-hydrogen) atoms. The second-order valence-electron chi connectivity index (χ2n) is 4.69. The first-order valence-corrected chi connectivity index (χ1v) is 6.63. The van der Waals surface area contributed by atoms with E-state index in [2.05, 4.69) is 9.97 Å². The Labute approximate surface area is 114 Å². The van der Waals surface area contributed by atoms with Gasteiger partial charge in [0.25, 0.3) is 0 Å². The van der Waals surface area contributed by atoms with Crippen molar-refractivity contribution in [2.24, 2.45) is 0 Å². The van der Waals surface area contributed by atoms with Crippen LogP contribution in [0.1, 0.15) is 32.0 Å². The maximum Gasteiger partial charge on any atom is 0.405 e. The lowest BCUT2D eigenvalue weighted by Crippen LogP contribution is -2.36. The SMILES string of the molecule is CCCc1nc(Cl)cc(N(CC(F)(F)F)C2CC2)n1. The Morgan fingerprint density at radius 3 is 2.58 bits per heavy atom. The first kappa shape index (κ1) is 14.4. The van der Waals surface area contributed by atoms with Crippen LogP contribution in [0.15, 0.2) is 6.07 Å². The molecule has 0 aliphatic heterocycles. The predicted molar refractivity (Wildman–Crippen MR) is 67.5 cm³/mol. The summed E-state index contributed by atoms with van der Waals surface area (Å²) < 4.78 is 37.8. The van der Waals surface area contributed by atoms with Crippen molar-refractivity contribution in [3.63, 3.8) is 0 Å². The van der Waals surface area contributed by atoms with Gasteiger partial charge >= 0.3 is 6.18 Å². The Kier molecular flexibility index (Phi) is 4.18. The number of rotatable bonds is 5. The molecule has 1 saturated carbocycles. The van der Waals surface area contributed by atoms with E-state index in [4.69, 9.17) is 11.6 Å². The first-order chi connectivity index (χ1) is 8.89. The van der Waals surface area contributed by atoms with Crippen LogP contribution in [0.4, 0.5) is 19.0 Å². The van der Waals surface area contributed by atoms with Crippen molar-refractivity contribution in [2.45, 2.75) is 44.8 Å². The molecule has 1 heterocycles. The molecule has 1 aliphatic rings. The number of hydrogen-bond donors (Lipinski definition) is 0. The van der Waals surface area contributed by atoms with Gasteiger partial charge in [-0.15, -0.1) is 0 Å². The summed E-state index contributed by atoms with van der Waals surface area (Å²) in [5, 5.41) is 0.196. The molecule has 1 aromatic rings. The van der Waals surface area contributed by atoms with E-state index < -0.39 is 12.7 Å². The van der Waals surface area contributed by atoms with Crippen LogP contribution in [0.2, 0.25) is 5.15 Å². The molecule has 0 atom stereocenters. The van der Waals surface area contributed by atoms with Crippen molar-refractivity contribution in [1.29, 1.82) is 0 Å². The van der Waals surface area contributed by atoms with Gasteiger partial charge in [0.05, 0.1) is 0 Å². The van der Waals surface area contributed by atoms with Gasteiger partial charge < -0.3 is 4.90 Å². The molecule has 0 N–H and O–H groups in total. The summed E-state index contributed by atoms with van der Waals surface area (Å²) in [4.78, 5) is 9.51. The van der Waals surface area contributed by atoms with Crippen LogP contribution in [-0.2, 0) is 6.42 Å². The van der Waals surface area contributed by atoms with Crippen LogP contribution in [-0.4, -0.2) is 28.7 Å². The normalized spacial score (nSPS) is 15.6. The molecular weight excluding hydrogens is 279 g/mol. The zero-order valence-corrected chi connectivity index (χ0v) is 11.3. The van der Waals surface area contributed by atoms with Gasteiger partial charge in [-0.3, -0.25) is 0 Å². The van der Waals surface area contributed by atoms with Gasteiger partial charge in [0.1, 0.15) is 23.3 Å². The fourth-order valence-corrected chi connectivity index (χ4v) is 2.11. The van der Waals surface area contributed by atoms with E-state index >= 15 is 0 Å². The summed E-state index contributed by atoms with van der Waals surface area (Å²) >= 11 is 5.87. The average Bonchev–Trinajstić information content (AvgIpc) is 3.08. The third kappa shape index (κ3) is 4.23. The summed E-state index contributed by atoms with van der Waals surface area (Å²) in [6.45, 7) is 0.967. The number of halogens is 4. The lowest BCUT2D eigenvalue weighted by Gasteiger charge is -2.25. The smallest absolute Gasteiger partial charge is 0.344 e. The van der Waals surface area contributed by atoms with Gasteiger partial charge in [0, 0.05) is 18.5 Å². The lowest BCUT2D eigenvalue weighted by molar-refractivity contribution is -0.120. The van der Waals surface area contributed by atoms with Crippen LogP contribution in [0.25, 0.3) is 0 Å². The topological polar surface area (TPSA) is 29.0 Å². The minimum absolute atomic E-state index is 0.0814. The largest absolute Gasteiger partial charge is 0.405 e. The third-order valence-corrected chi connectivity index (χ3v) is 3.03. The highest BCUT2D eigenvalue weighted by molar-refractivity contribution is 6.29. The Balaban J connectivity index is 2.25. The highest BCUT2D eigenvalue weighted by atomic mass is 35.5. The molecule has 0 radical (unpaired) electrons. The van der Waals surface area contributed by atoms with E-state index in [-0.39, 0.29) is 17.0 Å². The zero-order valence-electron chi connectivity index (χ0n) is 10.5. The number of alkyl halides is 3. The van der Waals surface area contributed by atoms with E-state index in [0.29, 0.717) is 12.2 Å². The third-order valence-electron chi connectivity index (χ3n) is 2.83. The molecule has 106 valence electrons. The average molecular weight is 294 g/mol. The summed E-state index contributed by atoms with van der Waals surface area (Å²) in [5.74, 6) is 0.779. The Morgan fingerprint density at radius 2 is 2.05 bits per heavy atom. The summed E-state index contributed by atoms with van der Waals surface area (Å²) in [6.07, 6.45) is -1.28. The van der Waals surface area contributed by atoms with E-state index in [9.17, 15) is 13.2 Å². The summed E-state index contributed by atoms with van der Waals surface area (Å²) in [5.41, 5.74) is 0. The van der Waals surface area contributed by atoms with Crippen LogP contribution < -0.4 is 4.90 Å². The number of nitrogens with zero attached hydrogens (tertiary/aromatic N) is 3. The Bertz CT molecular complexity index is 446. The Hall–Kier alpha value is -1.04. The number of aromatic nitrogens is 2. The molecule has 1 aliphatic carbocycles. The van der Waals surface area contributed by atoms with Gasteiger partial charge in [0.15, 0.2) is 0 Å². The van der Waals surface area contributed by atoms with Crippen molar-refractivity contribution < 1.29 is 13.2 Å². The van der Waals surface area contributed by atoms with Crippen LogP contribution >= 0.6 is 11.6 Å². The van der Waals surface area contributed by atoms with Crippen LogP contribution in [0.3, 0.4) is 0 Å². The summed E-state index contributed by atoms with van der Waals surface area (Å²) in [6, 6.07) is 1.33. The molecule has 1 fully saturated rings.